The molecule has 1 aliphatic rings. The highest BCUT2D eigenvalue weighted by molar-refractivity contribution is 7.13. The molecule has 3 aromatic heterocycles. The quantitative estimate of drug-likeness (QED) is 0.386. The molecule has 0 fully saturated rings. The standard InChI is InChI=1S/C27H30N8O2S/c1-16-8-17(6-7-18(16)11-28-25(37)21-12-29-26(38-21)27(2,3)4)20-10-22(31-15-30-20)32-23-9-19-13-34(5)24(36)14-35(19)33-23/h6-10,12,15H,11,13-14H2,1-5H3,(H,28,37)(H,30,31,32,33). The Morgan fingerprint density at radius 3 is 2.63 bits per heavy atom. The van der Waals surface area contributed by atoms with Crippen molar-refractivity contribution in [2.24, 2.45) is 0 Å². The highest BCUT2D eigenvalue weighted by Crippen LogP contribution is 2.27. The molecule has 2 N–H and O–H groups in total. The Balaban J connectivity index is 1.25. The number of aromatic nitrogens is 5. The Morgan fingerprint density at radius 1 is 1.08 bits per heavy atom. The Morgan fingerprint density at radius 2 is 1.89 bits per heavy atom. The van der Waals surface area contributed by atoms with Gasteiger partial charge in [0.1, 0.15) is 23.6 Å². The normalized spacial score (nSPS) is 13.4. The van der Waals surface area contributed by atoms with Gasteiger partial charge >= 0.3 is 0 Å². The Labute approximate surface area is 225 Å². The molecule has 0 saturated heterocycles. The molecule has 0 unspecified atom stereocenters. The molecule has 11 heteroatoms. The predicted octanol–water partition coefficient (Wildman–Crippen LogP) is 4.05. The molecule has 0 atom stereocenters. The van der Waals surface area contributed by atoms with E-state index in [1.165, 1.54) is 17.7 Å². The largest absolute Gasteiger partial charge is 0.347 e. The van der Waals surface area contributed by atoms with Crippen LogP contribution in [0.3, 0.4) is 0 Å². The number of fused-ring (bicyclic) bond motifs is 1. The minimum Gasteiger partial charge on any atom is -0.347 e. The molecule has 4 heterocycles. The number of benzene rings is 1. The molecule has 0 aliphatic carbocycles. The van der Waals surface area contributed by atoms with Gasteiger partial charge in [-0.05, 0) is 24.1 Å². The van der Waals surface area contributed by atoms with Gasteiger partial charge in [0.2, 0.25) is 5.91 Å². The molecule has 196 valence electrons. The number of rotatable bonds is 6. The molecule has 0 saturated carbocycles. The zero-order valence-corrected chi connectivity index (χ0v) is 22.9. The molecular formula is C27H30N8O2S. The molecule has 2 amide bonds. The number of carbonyl (C=O) groups is 2. The van der Waals surface area contributed by atoms with E-state index in [0.717, 1.165) is 33.1 Å². The second-order valence-corrected chi connectivity index (χ2v) is 11.5. The van der Waals surface area contributed by atoms with Gasteiger partial charge < -0.3 is 15.5 Å². The predicted molar refractivity (Wildman–Crippen MR) is 146 cm³/mol. The number of thiazole rings is 1. The van der Waals surface area contributed by atoms with Gasteiger partial charge in [-0.2, -0.15) is 5.10 Å². The number of hydrogen-bond donors (Lipinski definition) is 2. The second kappa shape index (κ2) is 9.97. The fourth-order valence-electron chi connectivity index (χ4n) is 4.12. The molecule has 10 nitrogen and oxygen atoms in total. The summed E-state index contributed by atoms with van der Waals surface area (Å²) in [7, 11) is 1.79. The average molecular weight is 531 g/mol. The highest BCUT2D eigenvalue weighted by atomic mass is 32.1. The van der Waals surface area contributed by atoms with Crippen LogP contribution in [-0.2, 0) is 29.8 Å². The third kappa shape index (κ3) is 5.42. The highest BCUT2D eigenvalue weighted by Gasteiger charge is 2.22. The van der Waals surface area contributed by atoms with Crippen molar-refractivity contribution in [3.05, 3.63) is 69.6 Å². The fourth-order valence-corrected chi connectivity index (χ4v) is 5.01. The summed E-state index contributed by atoms with van der Waals surface area (Å²) >= 11 is 1.43. The first kappa shape index (κ1) is 25.5. The number of aryl methyl sites for hydroxylation is 1. The van der Waals surface area contributed by atoms with E-state index >= 15 is 0 Å². The molecule has 1 aromatic carbocycles. The molecule has 38 heavy (non-hydrogen) atoms. The number of anilines is 2. The van der Waals surface area contributed by atoms with Crippen LogP contribution in [0, 0.1) is 6.92 Å². The molecule has 4 aromatic rings. The van der Waals surface area contributed by atoms with E-state index in [0.29, 0.717) is 29.6 Å². The van der Waals surface area contributed by atoms with E-state index in [-0.39, 0.29) is 23.8 Å². The van der Waals surface area contributed by atoms with Crippen LogP contribution >= 0.6 is 11.3 Å². The molecule has 0 bridgehead atoms. The Hall–Kier alpha value is -4.12. The lowest BCUT2D eigenvalue weighted by molar-refractivity contribution is -0.132. The smallest absolute Gasteiger partial charge is 0.263 e. The lowest BCUT2D eigenvalue weighted by Gasteiger charge is -2.22. The van der Waals surface area contributed by atoms with Crippen molar-refractivity contribution >= 4 is 34.8 Å². The summed E-state index contributed by atoms with van der Waals surface area (Å²) in [5, 5.41) is 11.7. The zero-order chi connectivity index (χ0) is 27.0. The first-order valence-corrected chi connectivity index (χ1v) is 13.1. The van der Waals surface area contributed by atoms with Gasteiger partial charge in [0.25, 0.3) is 5.91 Å². The van der Waals surface area contributed by atoms with E-state index in [2.05, 4.69) is 57.5 Å². The number of amides is 2. The lowest BCUT2D eigenvalue weighted by Crippen LogP contribution is -2.36. The average Bonchev–Trinajstić information content (AvgIpc) is 3.51. The maximum Gasteiger partial charge on any atom is 0.263 e. The van der Waals surface area contributed by atoms with Crippen LogP contribution in [0.2, 0.25) is 0 Å². The zero-order valence-electron chi connectivity index (χ0n) is 22.1. The monoisotopic (exact) mass is 530 g/mol. The minimum absolute atomic E-state index is 0.0352. The van der Waals surface area contributed by atoms with Gasteiger partial charge in [0.15, 0.2) is 5.82 Å². The molecular weight excluding hydrogens is 500 g/mol. The summed E-state index contributed by atoms with van der Waals surface area (Å²) in [5.74, 6) is 1.15. The van der Waals surface area contributed by atoms with Crippen LogP contribution in [0.1, 0.15) is 52.3 Å². The van der Waals surface area contributed by atoms with Gasteiger partial charge in [-0.15, -0.1) is 11.3 Å². The van der Waals surface area contributed by atoms with Gasteiger partial charge in [0, 0.05) is 36.7 Å². The van der Waals surface area contributed by atoms with E-state index in [4.69, 9.17) is 0 Å². The first-order valence-electron chi connectivity index (χ1n) is 12.3. The van der Waals surface area contributed by atoms with Crippen molar-refractivity contribution in [3.8, 4) is 11.3 Å². The Kier molecular flexibility index (Phi) is 6.70. The van der Waals surface area contributed by atoms with Gasteiger partial charge in [0.05, 0.1) is 29.1 Å². The number of likely N-dealkylation sites (N-methyl/N-ethyl adjacent to an activating group) is 1. The van der Waals surface area contributed by atoms with Crippen molar-refractivity contribution in [1.82, 2.24) is 34.9 Å². The van der Waals surface area contributed by atoms with E-state index < -0.39 is 0 Å². The van der Waals surface area contributed by atoms with Crippen LogP contribution in [0.5, 0.6) is 0 Å². The van der Waals surface area contributed by atoms with Gasteiger partial charge in [-0.1, -0.05) is 32.9 Å². The van der Waals surface area contributed by atoms with Crippen molar-refractivity contribution < 1.29 is 9.59 Å². The summed E-state index contributed by atoms with van der Waals surface area (Å²) in [5.41, 5.74) is 4.66. The van der Waals surface area contributed by atoms with Gasteiger partial charge in [-0.25, -0.2) is 15.0 Å². The maximum absolute atomic E-state index is 12.7. The van der Waals surface area contributed by atoms with E-state index in [1.54, 1.807) is 22.8 Å². The number of hydrogen-bond acceptors (Lipinski definition) is 8. The second-order valence-electron chi connectivity index (χ2n) is 10.4. The summed E-state index contributed by atoms with van der Waals surface area (Å²) in [6, 6.07) is 9.83. The summed E-state index contributed by atoms with van der Waals surface area (Å²) in [4.78, 5) is 40.1. The molecule has 5 rings (SSSR count). The van der Waals surface area contributed by atoms with E-state index in [9.17, 15) is 9.59 Å². The SMILES string of the molecule is Cc1cc(-c2cc(Nc3cc4n(n3)CC(=O)N(C)C4)ncn2)ccc1CNC(=O)c1cnc(C(C)(C)C)s1. The maximum atomic E-state index is 12.7. The fraction of sp³-hybridized carbons (Fsp3) is 0.333. The van der Waals surface area contributed by atoms with Crippen molar-refractivity contribution in [2.75, 3.05) is 12.4 Å². The van der Waals surface area contributed by atoms with Crippen molar-refractivity contribution in [1.29, 1.82) is 0 Å². The minimum atomic E-state index is -0.120. The van der Waals surface area contributed by atoms with Crippen LogP contribution in [-0.4, -0.2) is 48.5 Å². The van der Waals surface area contributed by atoms with Gasteiger partial charge in [-0.3, -0.25) is 14.3 Å². The van der Waals surface area contributed by atoms with Crippen LogP contribution in [0.4, 0.5) is 11.6 Å². The topological polar surface area (TPSA) is 118 Å². The number of carbonyl (C=O) groups excluding carboxylic acids is 2. The van der Waals surface area contributed by atoms with Crippen LogP contribution in [0.15, 0.2) is 42.9 Å². The van der Waals surface area contributed by atoms with Crippen molar-refractivity contribution in [2.45, 2.75) is 52.7 Å². The number of nitrogens with one attached hydrogen (secondary N) is 2. The third-order valence-corrected chi connectivity index (χ3v) is 7.77. The van der Waals surface area contributed by atoms with E-state index in [1.807, 2.05) is 31.2 Å². The molecule has 1 aliphatic heterocycles. The summed E-state index contributed by atoms with van der Waals surface area (Å²) in [6.45, 7) is 9.45. The molecule has 0 radical (unpaired) electrons. The lowest BCUT2D eigenvalue weighted by atomic mass is 9.98. The van der Waals surface area contributed by atoms with Crippen LogP contribution < -0.4 is 10.6 Å². The Bertz CT molecular complexity index is 1520. The summed E-state index contributed by atoms with van der Waals surface area (Å²) in [6.07, 6.45) is 3.16. The third-order valence-electron chi connectivity index (χ3n) is 6.35. The van der Waals surface area contributed by atoms with Crippen molar-refractivity contribution in [3.63, 3.8) is 0 Å². The molecule has 0 spiro atoms. The summed E-state index contributed by atoms with van der Waals surface area (Å²) < 4.78 is 1.71. The van der Waals surface area contributed by atoms with Crippen LogP contribution in [0.25, 0.3) is 11.3 Å². The first-order chi connectivity index (χ1) is 18.1. The number of nitrogens with zero attached hydrogens (tertiary/aromatic N) is 6.